The number of piperazine rings is 1. The summed E-state index contributed by atoms with van der Waals surface area (Å²) in [6, 6.07) is 1.88. The van der Waals surface area contributed by atoms with Crippen molar-refractivity contribution in [3.8, 4) is 0 Å². The molecule has 9 nitrogen and oxygen atoms in total. The van der Waals surface area contributed by atoms with Crippen LogP contribution in [0.25, 0.3) is 0 Å². The summed E-state index contributed by atoms with van der Waals surface area (Å²) in [6.07, 6.45) is 1.59. The van der Waals surface area contributed by atoms with E-state index in [1.54, 1.807) is 13.3 Å². The lowest BCUT2D eigenvalue weighted by Gasteiger charge is -2.36. The summed E-state index contributed by atoms with van der Waals surface area (Å²) in [7, 11) is -1.50. The van der Waals surface area contributed by atoms with E-state index in [1.807, 2.05) is 19.9 Å². The van der Waals surface area contributed by atoms with E-state index >= 15 is 0 Å². The maximum absolute atomic E-state index is 12.2. The van der Waals surface area contributed by atoms with E-state index in [1.165, 1.54) is 4.31 Å². The van der Waals surface area contributed by atoms with Gasteiger partial charge in [-0.2, -0.15) is 0 Å². The highest BCUT2D eigenvalue weighted by molar-refractivity contribution is 14.0. The highest BCUT2D eigenvalue weighted by Crippen LogP contribution is 2.07. The van der Waals surface area contributed by atoms with Gasteiger partial charge in [0.1, 0.15) is 6.26 Å². The lowest BCUT2D eigenvalue weighted by molar-refractivity contribution is 0.169. The summed E-state index contributed by atoms with van der Waals surface area (Å²) in [5, 5.41) is 7.13. The molecule has 1 saturated heterocycles. The van der Waals surface area contributed by atoms with Gasteiger partial charge in [0, 0.05) is 65.5 Å². The zero-order chi connectivity index (χ0) is 19.0. The van der Waals surface area contributed by atoms with Crippen molar-refractivity contribution < 1.29 is 12.9 Å². The van der Waals surface area contributed by atoms with Crippen molar-refractivity contribution in [3.05, 3.63) is 18.0 Å². The minimum atomic E-state index is -3.22. The van der Waals surface area contributed by atoms with Crippen molar-refractivity contribution in [3.63, 3.8) is 0 Å². The van der Waals surface area contributed by atoms with Gasteiger partial charge in [0.25, 0.3) is 0 Å². The first-order chi connectivity index (χ1) is 12.5. The smallest absolute Gasteiger partial charge is 0.215 e. The van der Waals surface area contributed by atoms with Gasteiger partial charge >= 0.3 is 0 Å². The van der Waals surface area contributed by atoms with E-state index in [-0.39, 0.29) is 29.7 Å². The monoisotopic (exact) mass is 514 g/mol. The Morgan fingerprint density at radius 3 is 2.48 bits per heavy atom. The number of aromatic nitrogens is 1. The number of hydrogen-bond donors (Lipinski definition) is 1. The molecule has 11 heteroatoms. The number of aliphatic imine (C=N–C) groups is 1. The van der Waals surface area contributed by atoms with Crippen molar-refractivity contribution in [2.24, 2.45) is 4.99 Å². The Bertz CT molecular complexity index is 656. The third kappa shape index (κ3) is 7.20. The second-order valence-electron chi connectivity index (χ2n) is 6.13. The average molecular weight is 514 g/mol. The molecule has 2 heterocycles. The molecule has 0 aromatic carbocycles. The van der Waals surface area contributed by atoms with E-state index in [2.05, 4.69) is 25.3 Å². The van der Waals surface area contributed by atoms with Crippen LogP contribution in [-0.2, 0) is 16.6 Å². The molecule has 0 saturated carbocycles. The average Bonchev–Trinajstić information content (AvgIpc) is 3.13. The summed E-state index contributed by atoms with van der Waals surface area (Å²) in [6.45, 7) is 9.29. The Morgan fingerprint density at radius 2 is 1.96 bits per heavy atom. The summed E-state index contributed by atoms with van der Waals surface area (Å²) < 4.78 is 30.8. The maximum Gasteiger partial charge on any atom is 0.215 e. The van der Waals surface area contributed by atoms with Crippen LogP contribution in [0.15, 0.2) is 21.8 Å². The quantitative estimate of drug-likeness (QED) is 0.310. The van der Waals surface area contributed by atoms with Crippen LogP contribution >= 0.6 is 24.0 Å². The van der Waals surface area contributed by atoms with Crippen molar-refractivity contribution in [1.29, 1.82) is 0 Å². The first-order valence-corrected chi connectivity index (χ1v) is 10.7. The molecule has 0 unspecified atom stereocenters. The summed E-state index contributed by atoms with van der Waals surface area (Å²) in [4.78, 5) is 8.76. The van der Waals surface area contributed by atoms with Crippen LogP contribution in [0, 0.1) is 0 Å². The van der Waals surface area contributed by atoms with Gasteiger partial charge in [-0.05, 0) is 0 Å². The van der Waals surface area contributed by atoms with Crippen LogP contribution in [0.4, 0.5) is 0 Å². The van der Waals surface area contributed by atoms with Crippen molar-refractivity contribution >= 4 is 40.0 Å². The van der Waals surface area contributed by atoms with Gasteiger partial charge in [0.15, 0.2) is 5.96 Å². The summed E-state index contributed by atoms with van der Waals surface area (Å²) in [5.41, 5.74) is 0.933. The Hall–Kier alpha value is -0.920. The maximum atomic E-state index is 12.2. The molecule has 1 N–H and O–H groups in total. The molecule has 1 fully saturated rings. The van der Waals surface area contributed by atoms with E-state index in [4.69, 9.17) is 4.52 Å². The second-order valence-corrected chi connectivity index (χ2v) is 8.22. The van der Waals surface area contributed by atoms with Crippen LogP contribution < -0.4 is 5.32 Å². The van der Waals surface area contributed by atoms with E-state index in [9.17, 15) is 8.42 Å². The van der Waals surface area contributed by atoms with Crippen LogP contribution in [0.3, 0.4) is 0 Å². The third-order valence-corrected chi connectivity index (χ3v) is 6.53. The molecule has 2 rings (SSSR count). The largest absolute Gasteiger partial charge is 0.364 e. The van der Waals surface area contributed by atoms with E-state index in [0.29, 0.717) is 19.6 Å². The Kier molecular flexibility index (Phi) is 10.6. The molecular weight excluding hydrogens is 483 g/mol. The first-order valence-electron chi connectivity index (χ1n) is 9.05. The van der Waals surface area contributed by atoms with Crippen LogP contribution in [0.1, 0.15) is 19.5 Å². The molecule has 27 heavy (non-hydrogen) atoms. The van der Waals surface area contributed by atoms with Gasteiger partial charge in [-0.25, -0.2) is 12.7 Å². The Morgan fingerprint density at radius 1 is 1.30 bits per heavy atom. The number of hydrogen-bond acceptors (Lipinski definition) is 6. The predicted molar refractivity (Wildman–Crippen MR) is 117 cm³/mol. The topological polar surface area (TPSA) is 94.3 Å². The molecule has 0 radical (unpaired) electrons. The van der Waals surface area contributed by atoms with Gasteiger partial charge in [0.2, 0.25) is 10.0 Å². The predicted octanol–water partition coefficient (Wildman–Crippen LogP) is 0.657. The summed E-state index contributed by atoms with van der Waals surface area (Å²) >= 11 is 0. The fourth-order valence-corrected chi connectivity index (χ4v) is 4.44. The fraction of sp³-hybridized carbons (Fsp3) is 0.750. The molecule has 0 amide bonds. The molecule has 1 aromatic heterocycles. The van der Waals surface area contributed by atoms with Crippen molar-refractivity contribution in [2.45, 2.75) is 20.4 Å². The molecule has 156 valence electrons. The summed E-state index contributed by atoms with van der Waals surface area (Å²) in [5.74, 6) is 0.820. The molecule has 0 atom stereocenters. The SMILES string of the molecule is CCN(CC)S(=O)(=O)CCNC(=NC)N1CCN(Cc2ccon2)CC1.I. The number of rotatable bonds is 8. The van der Waals surface area contributed by atoms with Crippen LogP contribution in [0.2, 0.25) is 0 Å². The Balaban J connectivity index is 0.00000364. The van der Waals surface area contributed by atoms with Gasteiger partial charge < -0.3 is 14.7 Å². The lowest BCUT2D eigenvalue weighted by atomic mass is 10.3. The van der Waals surface area contributed by atoms with Crippen molar-refractivity contribution in [2.75, 3.05) is 58.6 Å². The van der Waals surface area contributed by atoms with Crippen LogP contribution in [-0.4, -0.2) is 92.3 Å². The van der Waals surface area contributed by atoms with Gasteiger partial charge in [-0.3, -0.25) is 9.89 Å². The highest BCUT2D eigenvalue weighted by Gasteiger charge is 2.22. The zero-order valence-corrected chi connectivity index (χ0v) is 19.4. The highest BCUT2D eigenvalue weighted by atomic mass is 127. The third-order valence-electron chi connectivity index (χ3n) is 4.50. The standard InChI is InChI=1S/C16H30N6O3S.HI/c1-4-22(5-2)26(23,24)13-7-18-16(17-3)21-10-8-20(9-11-21)14-15-6-12-25-19-15;/h6,12H,4-5,7-11,13-14H2,1-3H3,(H,17,18);1H. The molecule has 1 aliphatic heterocycles. The molecule has 0 aliphatic carbocycles. The number of nitrogens with zero attached hydrogens (tertiary/aromatic N) is 5. The molecule has 0 spiro atoms. The minimum absolute atomic E-state index is 0. The number of guanidine groups is 1. The van der Waals surface area contributed by atoms with Crippen molar-refractivity contribution in [1.82, 2.24) is 24.6 Å². The number of sulfonamides is 1. The molecule has 0 bridgehead atoms. The lowest BCUT2D eigenvalue weighted by Crippen LogP contribution is -2.52. The van der Waals surface area contributed by atoms with E-state index in [0.717, 1.165) is 44.4 Å². The van der Waals surface area contributed by atoms with Crippen LogP contribution in [0.5, 0.6) is 0 Å². The molecule has 1 aromatic rings. The van der Waals surface area contributed by atoms with Gasteiger partial charge in [-0.1, -0.05) is 19.0 Å². The number of halogens is 1. The molecule has 1 aliphatic rings. The Labute approximate surface area is 179 Å². The first kappa shape index (κ1) is 24.1. The fourth-order valence-electron chi connectivity index (χ4n) is 3.04. The zero-order valence-electron chi connectivity index (χ0n) is 16.3. The van der Waals surface area contributed by atoms with Gasteiger partial charge in [-0.15, -0.1) is 24.0 Å². The molecular formula is C16H31IN6O3S. The second kappa shape index (κ2) is 11.8. The normalized spacial score (nSPS) is 16.4. The van der Waals surface area contributed by atoms with Gasteiger partial charge in [0.05, 0.1) is 11.4 Å². The minimum Gasteiger partial charge on any atom is -0.364 e. The number of nitrogens with one attached hydrogen (secondary N) is 1. The van der Waals surface area contributed by atoms with E-state index < -0.39 is 10.0 Å².